The fourth-order valence-corrected chi connectivity index (χ4v) is 3.87. The zero-order valence-electron chi connectivity index (χ0n) is 11.2. The normalized spacial score (nSPS) is 14.4. The summed E-state index contributed by atoms with van der Waals surface area (Å²) in [6, 6.07) is 12.6. The van der Waals surface area contributed by atoms with Gasteiger partial charge in [0.05, 0.1) is 5.02 Å². The average molecular weight is 403 g/mol. The van der Waals surface area contributed by atoms with E-state index in [0.717, 1.165) is 20.9 Å². The van der Waals surface area contributed by atoms with Crippen molar-refractivity contribution >= 4 is 50.9 Å². The van der Waals surface area contributed by atoms with Crippen LogP contribution in [0.4, 0.5) is 0 Å². The molecule has 1 fully saturated rings. The minimum atomic E-state index is 0.691. The molecule has 0 radical (unpaired) electrons. The lowest BCUT2D eigenvalue weighted by Crippen LogP contribution is -2.15. The van der Waals surface area contributed by atoms with E-state index in [1.807, 2.05) is 18.2 Å². The predicted molar refractivity (Wildman–Crippen MR) is 94.6 cm³/mol. The molecule has 1 nitrogen and oxygen atoms in total. The smallest absolute Gasteiger partial charge is 0.0546 e. The Bertz CT molecular complexity index is 659. The van der Waals surface area contributed by atoms with E-state index in [2.05, 4.69) is 39.4 Å². The molecule has 0 atom stereocenters. The van der Waals surface area contributed by atoms with Crippen LogP contribution < -0.4 is 5.32 Å². The summed E-state index contributed by atoms with van der Waals surface area (Å²) in [6.45, 7) is 0.880. The third-order valence-electron chi connectivity index (χ3n) is 3.29. The summed E-state index contributed by atoms with van der Waals surface area (Å²) in [5, 5.41) is 4.99. The Morgan fingerprint density at radius 2 is 1.90 bits per heavy atom. The zero-order chi connectivity index (χ0) is 14.8. The SMILES string of the molecule is Clc1ccc(Cl)c(Sc2ccc(Br)cc2CNC2CC2)c1. The molecule has 0 heterocycles. The van der Waals surface area contributed by atoms with Crippen molar-refractivity contribution in [1.82, 2.24) is 5.32 Å². The van der Waals surface area contributed by atoms with Gasteiger partial charge in [0.15, 0.2) is 0 Å². The number of rotatable bonds is 5. The molecule has 2 aromatic rings. The first-order valence-corrected chi connectivity index (χ1v) is 9.13. The van der Waals surface area contributed by atoms with Crippen molar-refractivity contribution in [2.24, 2.45) is 0 Å². The van der Waals surface area contributed by atoms with Gasteiger partial charge >= 0.3 is 0 Å². The number of benzene rings is 2. The molecular formula is C16H14BrCl2NS. The fourth-order valence-electron chi connectivity index (χ4n) is 2.00. The quantitative estimate of drug-likeness (QED) is 0.642. The third-order valence-corrected chi connectivity index (χ3v) is 5.64. The minimum absolute atomic E-state index is 0.691. The van der Waals surface area contributed by atoms with Gasteiger partial charge in [0.2, 0.25) is 0 Å². The van der Waals surface area contributed by atoms with Crippen molar-refractivity contribution < 1.29 is 0 Å². The zero-order valence-corrected chi connectivity index (χ0v) is 15.1. The molecule has 21 heavy (non-hydrogen) atoms. The van der Waals surface area contributed by atoms with Crippen LogP contribution >= 0.6 is 50.9 Å². The summed E-state index contributed by atoms with van der Waals surface area (Å²) < 4.78 is 1.09. The molecule has 1 N–H and O–H groups in total. The van der Waals surface area contributed by atoms with Gasteiger partial charge in [-0.25, -0.2) is 0 Å². The van der Waals surface area contributed by atoms with E-state index >= 15 is 0 Å². The van der Waals surface area contributed by atoms with Crippen molar-refractivity contribution in [1.29, 1.82) is 0 Å². The summed E-state index contributed by atoms with van der Waals surface area (Å²) in [5.41, 5.74) is 1.28. The summed E-state index contributed by atoms with van der Waals surface area (Å²) >= 11 is 17.5. The molecule has 1 saturated carbocycles. The highest BCUT2D eigenvalue weighted by molar-refractivity contribution is 9.10. The number of hydrogen-bond acceptors (Lipinski definition) is 2. The molecule has 0 amide bonds. The van der Waals surface area contributed by atoms with Crippen molar-refractivity contribution in [2.45, 2.75) is 35.2 Å². The van der Waals surface area contributed by atoms with E-state index in [0.29, 0.717) is 11.1 Å². The van der Waals surface area contributed by atoms with Crippen molar-refractivity contribution in [3.8, 4) is 0 Å². The van der Waals surface area contributed by atoms with Crippen LogP contribution in [-0.4, -0.2) is 6.04 Å². The summed E-state index contributed by atoms with van der Waals surface area (Å²) in [4.78, 5) is 2.19. The minimum Gasteiger partial charge on any atom is -0.310 e. The lowest BCUT2D eigenvalue weighted by atomic mass is 10.2. The second-order valence-electron chi connectivity index (χ2n) is 5.08. The largest absolute Gasteiger partial charge is 0.310 e. The molecular weight excluding hydrogens is 389 g/mol. The van der Waals surface area contributed by atoms with E-state index in [-0.39, 0.29) is 0 Å². The van der Waals surface area contributed by atoms with Crippen molar-refractivity contribution in [3.63, 3.8) is 0 Å². The molecule has 0 aromatic heterocycles. The molecule has 3 rings (SSSR count). The highest BCUT2D eigenvalue weighted by Gasteiger charge is 2.20. The molecule has 5 heteroatoms. The van der Waals surface area contributed by atoms with E-state index in [1.165, 1.54) is 23.3 Å². The van der Waals surface area contributed by atoms with Crippen LogP contribution in [0.3, 0.4) is 0 Å². The number of nitrogens with one attached hydrogen (secondary N) is 1. The van der Waals surface area contributed by atoms with Crippen LogP contribution in [0.2, 0.25) is 10.0 Å². The Hall–Kier alpha value is -0.190. The molecule has 1 aliphatic rings. The first-order valence-electron chi connectivity index (χ1n) is 6.76. The predicted octanol–water partition coefficient (Wildman–Crippen LogP) is 6.16. The van der Waals surface area contributed by atoms with Crippen LogP contribution in [0.1, 0.15) is 18.4 Å². The summed E-state index contributed by atoms with van der Waals surface area (Å²) in [7, 11) is 0. The Morgan fingerprint density at radius 1 is 1.10 bits per heavy atom. The summed E-state index contributed by atoms with van der Waals surface area (Å²) in [5.74, 6) is 0. The van der Waals surface area contributed by atoms with Gasteiger partial charge in [-0.05, 0) is 54.8 Å². The lowest BCUT2D eigenvalue weighted by Gasteiger charge is -2.12. The van der Waals surface area contributed by atoms with Crippen LogP contribution in [0.5, 0.6) is 0 Å². The Labute approximate surface area is 147 Å². The standard InChI is InChI=1S/C16H14BrCl2NS/c17-11-1-6-15(10(7-11)9-20-13-3-4-13)21-16-8-12(18)2-5-14(16)19/h1-2,5-8,13,20H,3-4,9H2. The van der Waals surface area contributed by atoms with Crippen LogP contribution in [-0.2, 0) is 6.54 Å². The summed E-state index contributed by atoms with van der Waals surface area (Å²) in [6.07, 6.45) is 2.58. The highest BCUT2D eigenvalue weighted by atomic mass is 79.9. The first kappa shape index (κ1) is 15.7. The maximum absolute atomic E-state index is 6.26. The van der Waals surface area contributed by atoms with Gasteiger partial charge in [0, 0.05) is 31.9 Å². The fraction of sp³-hybridized carbons (Fsp3) is 0.250. The topological polar surface area (TPSA) is 12.0 Å². The van der Waals surface area contributed by atoms with Gasteiger partial charge in [0.1, 0.15) is 0 Å². The monoisotopic (exact) mass is 401 g/mol. The second kappa shape index (κ2) is 6.93. The van der Waals surface area contributed by atoms with Crippen molar-refractivity contribution in [2.75, 3.05) is 0 Å². The van der Waals surface area contributed by atoms with Gasteiger partial charge in [-0.2, -0.15) is 0 Å². The molecule has 110 valence electrons. The molecule has 0 bridgehead atoms. The second-order valence-corrected chi connectivity index (χ2v) is 7.93. The van der Waals surface area contributed by atoms with Gasteiger partial charge in [-0.1, -0.05) is 50.9 Å². The average Bonchev–Trinajstić information content (AvgIpc) is 3.27. The van der Waals surface area contributed by atoms with Gasteiger partial charge in [-0.15, -0.1) is 0 Å². The van der Waals surface area contributed by atoms with E-state index in [4.69, 9.17) is 23.2 Å². The van der Waals surface area contributed by atoms with Crippen LogP contribution in [0.15, 0.2) is 50.7 Å². The first-order chi connectivity index (χ1) is 10.1. The van der Waals surface area contributed by atoms with Crippen LogP contribution in [0, 0.1) is 0 Å². The van der Waals surface area contributed by atoms with Gasteiger partial charge < -0.3 is 5.32 Å². The van der Waals surface area contributed by atoms with Gasteiger partial charge in [-0.3, -0.25) is 0 Å². The molecule has 1 aliphatic carbocycles. The molecule has 0 spiro atoms. The maximum atomic E-state index is 6.26. The molecule has 0 unspecified atom stereocenters. The third kappa shape index (κ3) is 4.40. The lowest BCUT2D eigenvalue weighted by molar-refractivity contribution is 0.680. The Morgan fingerprint density at radius 3 is 2.67 bits per heavy atom. The Kier molecular flexibility index (Phi) is 5.18. The number of hydrogen-bond donors (Lipinski definition) is 1. The van der Waals surface area contributed by atoms with Crippen LogP contribution in [0.25, 0.3) is 0 Å². The molecule has 0 saturated heterocycles. The van der Waals surface area contributed by atoms with Gasteiger partial charge in [0.25, 0.3) is 0 Å². The Balaban J connectivity index is 1.84. The van der Waals surface area contributed by atoms with Crippen molar-refractivity contribution in [3.05, 3.63) is 56.5 Å². The van der Waals surface area contributed by atoms with E-state index < -0.39 is 0 Å². The molecule has 0 aliphatic heterocycles. The van der Waals surface area contributed by atoms with E-state index in [1.54, 1.807) is 11.8 Å². The number of halogens is 3. The highest BCUT2D eigenvalue weighted by Crippen LogP contribution is 2.37. The van der Waals surface area contributed by atoms with E-state index in [9.17, 15) is 0 Å². The molecule has 2 aromatic carbocycles. The maximum Gasteiger partial charge on any atom is 0.0546 e.